The standard InChI is InChI=1S/C18H21NO/c1-2-19-13-14-5-7-15(8-6-14)16-9-10-18-17(12-16)4-3-11-20-18/h5-10,12,19H,2-4,11,13H2,1H3. The van der Waals surface area contributed by atoms with E-state index in [1.165, 1.54) is 22.3 Å². The average molecular weight is 267 g/mol. The van der Waals surface area contributed by atoms with E-state index in [0.29, 0.717) is 0 Å². The molecule has 2 aromatic rings. The molecule has 104 valence electrons. The van der Waals surface area contributed by atoms with E-state index in [9.17, 15) is 0 Å². The molecule has 0 radical (unpaired) electrons. The molecule has 2 heteroatoms. The van der Waals surface area contributed by atoms with Gasteiger partial charge in [-0.25, -0.2) is 0 Å². The van der Waals surface area contributed by atoms with Crippen molar-refractivity contribution in [1.82, 2.24) is 5.32 Å². The van der Waals surface area contributed by atoms with Crippen molar-refractivity contribution >= 4 is 0 Å². The largest absolute Gasteiger partial charge is 0.493 e. The van der Waals surface area contributed by atoms with Crippen molar-refractivity contribution in [3.05, 3.63) is 53.6 Å². The van der Waals surface area contributed by atoms with Gasteiger partial charge in [-0.1, -0.05) is 37.3 Å². The van der Waals surface area contributed by atoms with Crippen LogP contribution in [0.3, 0.4) is 0 Å². The second-order valence-corrected chi connectivity index (χ2v) is 5.25. The minimum absolute atomic E-state index is 0.853. The summed E-state index contributed by atoms with van der Waals surface area (Å²) in [6.45, 7) is 4.93. The molecule has 0 amide bonds. The number of ether oxygens (including phenoxy) is 1. The molecule has 0 aliphatic carbocycles. The third-order valence-electron chi connectivity index (χ3n) is 3.77. The second-order valence-electron chi connectivity index (χ2n) is 5.25. The molecule has 0 saturated heterocycles. The van der Waals surface area contributed by atoms with Crippen LogP contribution >= 0.6 is 0 Å². The van der Waals surface area contributed by atoms with Crippen LogP contribution in [-0.4, -0.2) is 13.2 Å². The highest BCUT2D eigenvalue weighted by molar-refractivity contribution is 5.66. The number of fused-ring (bicyclic) bond motifs is 1. The molecule has 2 nitrogen and oxygen atoms in total. The zero-order chi connectivity index (χ0) is 13.8. The molecule has 1 heterocycles. The summed E-state index contributed by atoms with van der Waals surface area (Å²) in [5.74, 6) is 1.06. The monoisotopic (exact) mass is 267 g/mol. The topological polar surface area (TPSA) is 21.3 Å². The number of aryl methyl sites for hydroxylation is 1. The Labute approximate surface area is 120 Å². The summed E-state index contributed by atoms with van der Waals surface area (Å²) in [4.78, 5) is 0. The van der Waals surface area contributed by atoms with Crippen LogP contribution in [0.1, 0.15) is 24.5 Å². The Morgan fingerprint density at radius 1 is 1.05 bits per heavy atom. The first-order valence-corrected chi connectivity index (χ1v) is 7.42. The van der Waals surface area contributed by atoms with E-state index in [1.54, 1.807) is 0 Å². The van der Waals surface area contributed by atoms with E-state index in [4.69, 9.17) is 4.74 Å². The summed E-state index contributed by atoms with van der Waals surface area (Å²) in [6.07, 6.45) is 2.25. The van der Waals surface area contributed by atoms with Gasteiger partial charge in [-0.05, 0) is 53.8 Å². The Balaban J connectivity index is 1.81. The number of rotatable bonds is 4. The number of hydrogen-bond donors (Lipinski definition) is 1. The van der Waals surface area contributed by atoms with Crippen molar-refractivity contribution in [2.24, 2.45) is 0 Å². The van der Waals surface area contributed by atoms with Gasteiger partial charge in [-0.2, -0.15) is 0 Å². The molecule has 1 aliphatic heterocycles. The summed E-state index contributed by atoms with van der Waals surface area (Å²) < 4.78 is 5.67. The lowest BCUT2D eigenvalue weighted by molar-refractivity contribution is 0.288. The van der Waals surface area contributed by atoms with Gasteiger partial charge in [0.05, 0.1) is 6.61 Å². The fourth-order valence-electron chi connectivity index (χ4n) is 2.62. The summed E-state index contributed by atoms with van der Waals surface area (Å²) >= 11 is 0. The molecule has 3 rings (SSSR count). The Morgan fingerprint density at radius 2 is 1.85 bits per heavy atom. The molecule has 0 saturated carbocycles. The Kier molecular flexibility index (Phi) is 4.03. The molecule has 0 aromatic heterocycles. The predicted molar refractivity (Wildman–Crippen MR) is 83.1 cm³/mol. The third kappa shape index (κ3) is 2.86. The maximum Gasteiger partial charge on any atom is 0.122 e. The Morgan fingerprint density at radius 3 is 2.65 bits per heavy atom. The second kappa shape index (κ2) is 6.10. The minimum atomic E-state index is 0.853. The predicted octanol–water partition coefficient (Wildman–Crippen LogP) is 3.79. The first-order chi connectivity index (χ1) is 9.86. The molecule has 1 aliphatic rings. The van der Waals surface area contributed by atoms with Crippen molar-refractivity contribution < 1.29 is 4.74 Å². The van der Waals surface area contributed by atoms with Gasteiger partial charge in [0.2, 0.25) is 0 Å². The highest BCUT2D eigenvalue weighted by Gasteiger charge is 2.11. The maximum atomic E-state index is 5.67. The third-order valence-corrected chi connectivity index (χ3v) is 3.77. The van der Waals surface area contributed by atoms with E-state index in [0.717, 1.165) is 38.3 Å². The molecule has 0 unspecified atom stereocenters. The van der Waals surface area contributed by atoms with E-state index >= 15 is 0 Å². The lowest BCUT2D eigenvalue weighted by Crippen LogP contribution is -2.11. The molecule has 0 bridgehead atoms. The van der Waals surface area contributed by atoms with E-state index in [2.05, 4.69) is 54.7 Å². The molecule has 1 N–H and O–H groups in total. The zero-order valence-electron chi connectivity index (χ0n) is 12.0. The Hall–Kier alpha value is -1.80. The smallest absolute Gasteiger partial charge is 0.122 e. The van der Waals surface area contributed by atoms with Gasteiger partial charge in [-0.3, -0.25) is 0 Å². The number of nitrogens with one attached hydrogen (secondary N) is 1. The normalized spacial score (nSPS) is 13.7. The van der Waals surface area contributed by atoms with Crippen molar-refractivity contribution in [3.8, 4) is 16.9 Å². The van der Waals surface area contributed by atoms with Gasteiger partial charge in [0.15, 0.2) is 0 Å². The van der Waals surface area contributed by atoms with Crippen LogP contribution in [0.15, 0.2) is 42.5 Å². The lowest BCUT2D eigenvalue weighted by atomic mass is 9.98. The molecular formula is C18H21NO. The van der Waals surface area contributed by atoms with Gasteiger partial charge >= 0.3 is 0 Å². The first-order valence-electron chi connectivity index (χ1n) is 7.42. The molecule has 0 spiro atoms. The molecule has 20 heavy (non-hydrogen) atoms. The minimum Gasteiger partial charge on any atom is -0.493 e. The fraction of sp³-hybridized carbons (Fsp3) is 0.333. The average Bonchev–Trinajstić information content (AvgIpc) is 2.53. The van der Waals surface area contributed by atoms with Crippen LogP contribution in [0.4, 0.5) is 0 Å². The maximum absolute atomic E-state index is 5.67. The summed E-state index contributed by atoms with van der Waals surface area (Å²) in [7, 11) is 0. The molecule has 2 aromatic carbocycles. The van der Waals surface area contributed by atoms with Crippen molar-refractivity contribution in [2.45, 2.75) is 26.3 Å². The van der Waals surface area contributed by atoms with Crippen molar-refractivity contribution in [3.63, 3.8) is 0 Å². The highest BCUT2D eigenvalue weighted by Crippen LogP contribution is 2.30. The zero-order valence-corrected chi connectivity index (χ0v) is 12.0. The molecular weight excluding hydrogens is 246 g/mol. The van der Waals surface area contributed by atoms with Crippen LogP contribution in [0.2, 0.25) is 0 Å². The first kappa shape index (κ1) is 13.2. The van der Waals surface area contributed by atoms with Crippen LogP contribution < -0.4 is 10.1 Å². The summed E-state index contributed by atoms with van der Waals surface area (Å²) in [6, 6.07) is 15.4. The van der Waals surface area contributed by atoms with Crippen molar-refractivity contribution in [2.75, 3.05) is 13.2 Å². The van der Waals surface area contributed by atoms with Crippen LogP contribution in [0, 0.1) is 0 Å². The van der Waals surface area contributed by atoms with Gasteiger partial charge in [0.1, 0.15) is 5.75 Å². The summed E-state index contributed by atoms with van der Waals surface area (Å²) in [5.41, 5.74) is 5.23. The lowest BCUT2D eigenvalue weighted by Gasteiger charge is -2.18. The number of benzene rings is 2. The van der Waals surface area contributed by atoms with Gasteiger partial charge in [-0.15, -0.1) is 0 Å². The summed E-state index contributed by atoms with van der Waals surface area (Å²) in [5, 5.41) is 3.35. The SMILES string of the molecule is CCNCc1ccc(-c2ccc3c(c2)CCCO3)cc1. The van der Waals surface area contributed by atoms with Gasteiger partial charge in [0, 0.05) is 6.54 Å². The Bertz CT molecular complexity index is 574. The van der Waals surface area contributed by atoms with Crippen LogP contribution in [-0.2, 0) is 13.0 Å². The fourth-order valence-corrected chi connectivity index (χ4v) is 2.62. The highest BCUT2D eigenvalue weighted by atomic mass is 16.5. The van der Waals surface area contributed by atoms with Gasteiger partial charge in [0.25, 0.3) is 0 Å². The quantitative estimate of drug-likeness (QED) is 0.910. The van der Waals surface area contributed by atoms with Gasteiger partial charge < -0.3 is 10.1 Å². The molecule has 0 fully saturated rings. The molecule has 0 atom stereocenters. The van der Waals surface area contributed by atoms with Crippen LogP contribution in [0.25, 0.3) is 11.1 Å². The van der Waals surface area contributed by atoms with E-state index in [1.807, 2.05) is 0 Å². The van der Waals surface area contributed by atoms with Crippen LogP contribution in [0.5, 0.6) is 5.75 Å². The van der Waals surface area contributed by atoms with E-state index in [-0.39, 0.29) is 0 Å². The van der Waals surface area contributed by atoms with E-state index < -0.39 is 0 Å². The van der Waals surface area contributed by atoms with Crippen molar-refractivity contribution in [1.29, 1.82) is 0 Å². The number of hydrogen-bond acceptors (Lipinski definition) is 2.